The summed E-state index contributed by atoms with van der Waals surface area (Å²) in [6, 6.07) is 13.6. The molecule has 0 saturated carbocycles. The molecule has 2 aromatic carbocycles. The van der Waals surface area contributed by atoms with Gasteiger partial charge in [0.05, 0.1) is 7.11 Å². The maximum atomic E-state index is 5.86. The van der Waals surface area contributed by atoms with Gasteiger partial charge in [-0.15, -0.1) is 0 Å². The third-order valence-electron chi connectivity index (χ3n) is 4.46. The molecule has 0 N–H and O–H groups in total. The summed E-state index contributed by atoms with van der Waals surface area (Å²) < 4.78 is 7.00. The van der Waals surface area contributed by atoms with Gasteiger partial charge in [0.25, 0.3) is 0 Å². The predicted octanol–water partition coefficient (Wildman–Crippen LogP) is 6.06. The van der Waals surface area contributed by atoms with Crippen molar-refractivity contribution >= 4 is 39.5 Å². The topological polar surface area (TPSA) is 9.23 Å². The Balaban J connectivity index is 2.20. The molecule has 4 bridgehead atoms. The normalized spacial score (nSPS) is 20.2. The minimum absolute atomic E-state index is 0.401. The smallest absolute Gasteiger partial charge is 0.126 e. The highest BCUT2D eigenvalue weighted by atomic mass is 79.9. The highest BCUT2D eigenvalue weighted by Crippen LogP contribution is 2.43. The molecule has 0 radical (unpaired) electrons. The number of hydrogen-bond acceptors (Lipinski definition) is 3. The van der Waals surface area contributed by atoms with E-state index in [2.05, 4.69) is 64.8 Å². The van der Waals surface area contributed by atoms with Gasteiger partial charge in [-0.1, -0.05) is 40.2 Å². The summed E-state index contributed by atoms with van der Waals surface area (Å²) >= 11 is 7.50. The van der Waals surface area contributed by atoms with Crippen LogP contribution in [0.25, 0.3) is 0 Å². The van der Waals surface area contributed by atoms with Gasteiger partial charge >= 0.3 is 0 Å². The van der Waals surface area contributed by atoms with Crippen molar-refractivity contribution in [3.05, 3.63) is 63.1 Å². The highest BCUT2D eigenvalue weighted by molar-refractivity contribution is 9.10. The second-order valence-electron chi connectivity index (χ2n) is 5.79. The predicted molar refractivity (Wildman–Crippen MR) is 107 cm³/mol. The van der Waals surface area contributed by atoms with Gasteiger partial charge in [-0.05, 0) is 54.2 Å². The number of rotatable bonds is 3. The quantitative estimate of drug-likeness (QED) is 0.609. The second-order valence-corrected chi connectivity index (χ2v) is 8.78. The highest BCUT2D eigenvalue weighted by Gasteiger charge is 2.23. The maximum absolute atomic E-state index is 5.86. The zero-order valence-corrected chi connectivity index (χ0v) is 16.9. The number of halogens is 1. The summed E-state index contributed by atoms with van der Waals surface area (Å²) in [4.78, 5) is 0. The van der Waals surface area contributed by atoms with Gasteiger partial charge in [0.1, 0.15) is 5.75 Å². The number of benzene rings is 2. The lowest BCUT2D eigenvalue weighted by Gasteiger charge is -2.22. The molecule has 4 heteroatoms. The Morgan fingerprint density at radius 2 is 1.70 bits per heavy atom. The molecule has 1 nitrogen and oxygen atoms in total. The van der Waals surface area contributed by atoms with Gasteiger partial charge < -0.3 is 4.74 Å². The molecule has 2 atom stereocenters. The summed E-state index contributed by atoms with van der Waals surface area (Å²) in [5, 5.41) is 0.851. The van der Waals surface area contributed by atoms with E-state index in [1.165, 1.54) is 22.3 Å². The molecule has 122 valence electrons. The fourth-order valence-electron chi connectivity index (χ4n) is 3.25. The molecule has 0 fully saturated rings. The fourth-order valence-corrected chi connectivity index (χ4v) is 5.34. The van der Waals surface area contributed by atoms with E-state index in [4.69, 9.17) is 4.74 Å². The van der Waals surface area contributed by atoms with Crippen LogP contribution in [0.3, 0.4) is 0 Å². The van der Waals surface area contributed by atoms with Crippen molar-refractivity contribution in [3.8, 4) is 5.75 Å². The van der Waals surface area contributed by atoms with E-state index in [0.717, 1.165) is 23.1 Å². The van der Waals surface area contributed by atoms with Crippen molar-refractivity contribution in [2.75, 3.05) is 19.6 Å². The number of hydrogen-bond donors (Lipinski definition) is 0. The lowest BCUT2D eigenvalue weighted by Crippen LogP contribution is -2.05. The largest absolute Gasteiger partial charge is 0.496 e. The minimum atomic E-state index is 0.401. The lowest BCUT2D eigenvalue weighted by atomic mass is 9.99. The van der Waals surface area contributed by atoms with Gasteiger partial charge in [-0.25, -0.2) is 0 Å². The van der Waals surface area contributed by atoms with E-state index in [-0.39, 0.29) is 0 Å². The first-order valence-corrected chi connectivity index (χ1v) is 11.0. The van der Waals surface area contributed by atoms with E-state index < -0.39 is 0 Å². The fraction of sp³-hybridized carbons (Fsp3) is 0.368. The van der Waals surface area contributed by atoms with Gasteiger partial charge in [0.2, 0.25) is 0 Å². The van der Waals surface area contributed by atoms with Gasteiger partial charge in [0, 0.05) is 20.5 Å². The standard InChI is InChI=1S/C19H21BrOS2/c1-21-19-14-9-15(20)11-16(19)18(23-3)8-12-4-6-13(7-5-12)17(10-14)22-2/h4-7,9,11,17-18H,8,10H2,1-3H3. The Labute approximate surface area is 155 Å². The Bertz CT molecular complexity index is 685. The Morgan fingerprint density at radius 3 is 2.30 bits per heavy atom. The zero-order valence-electron chi connectivity index (χ0n) is 13.6. The van der Waals surface area contributed by atoms with Crippen molar-refractivity contribution in [2.45, 2.75) is 23.3 Å². The van der Waals surface area contributed by atoms with Crippen LogP contribution in [0.15, 0.2) is 40.9 Å². The molecule has 0 saturated heterocycles. The van der Waals surface area contributed by atoms with Crippen molar-refractivity contribution in [3.63, 3.8) is 0 Å². The third kappa shape index (κ3) is 3.59. The molecule has 2 aromatic rings. The molecule has 4 rings (SSSR count). The molecule has 2 aliphatic rings. The zero-order chi connectivity index (χ0) is 16.4. The van der Waals surface area contributed by atoms with Crippen LogP contribution in [0, 0.1) is 0 Å². The summed E-state index contributed by atoms with van der Waals surface area (Å²) in [6.45, 7) is 0. The van der Waals surface area contributed by atoms with Gasteiger partial charge in [-0.3, -0.25) is 0 Å². The Morgan fingerprint density at radius 1 is 1.00 bits per heavy atom. The lowest BCUT2D eigenvalue weighted by molar-refractivity contribution is 0.404. The summed E-state index contributed by atoms with van der Waals surface area (Å²) in [5.41, 5.74) is 5.37. The average Bonchev–Trinajstić information content (AvgIpc) is 2.59. The van der Waals surface area contributed by atoms with Crippen LogP contribution in [-0.4, -0.2) is 19.6 Å². The summed E-state index contributed by atoms with van der Waals surface area (Å²) in [5.74, 6) is 1.06. The molecular weight excluding hydrogens is 388 g/mol. The van der Waals surface area contributed by atoms with Crippen LogP contribution < -0.4 is 4.74 Å². The van der Waals surface area contributed by atoms with Crippen LogP contribution in [0.5, 0.6) is 5.75 Å². The van der Waals surface area contributed by atoms with Crippen LogP contribution in [-0.2, 0) is 12.8 Å². The molecule has 2 aliphatic carbocycles. The first kappa shape index (κ1) is 17.2. The minimum Gasteiger partial charge on any atom is -0.496 e. The molecule has 0 amide bonds. The Hall–Kier alpha value is -0.580. The number of methoxy groups -OCH3 is 1. The van der Waals surface area contributed by atoms with E-state index in [9.17, 15) is 0 Å². The van der Waals surface area contributed by atoms with Crippen molar-refractivity contribution < 1.29 is 4.74 Å². The van der Waals surface area contributed by atoms with Crippen LogP contribution >= 0.6 is 39.5 Å². The molecule has 0 aliphatic heterocycles. The molecule has 0 spiro atoms. The monoisotopic (exact) mass is 408 g/mol. The summed E-state index contributed by atoms with van der Waals surface area (Å²) in [6.07, 6.45) is 6.38. The number of ether oxygens (including phenoxy) is 1. The third-order valence-corrected chi connectivity index (χ3v) is 6.91. The first-order valence-electron chi connectivity index (χ1n) is 7.67. The van der Waals surface area contributed by atoms with Crippen molar-refractivity contribution in [2.24, 2.45) is 0 Å². The molecule has 2 unspecified atom stereocenters. The molecule has 23 heavy (non-hydrogen) atoms. The van der Waals surface area contributed by atoms with Crippen molar-refractivity contribution in [1.82, 2.24) is 0 Å². The Kier molecular flexibility index (Phi) is 5.65. The summed E-state index contributed by atoms with van der Waals surface area (Å²) in [7, 11) is 1.80. The van der Waals surface area contributed by atoms with Crippen LogP contribution in [0.1, 0.15) is 32.8 Å². The number of thioether (sulfide) groups is 2. The van der Waals surface area contributed by atoms with Gasteiger partial charge in [0.15, 0.2) is 0 Å². The average molecular weight is 409 g/mol. The van der Waals surface area contributed by atoms with Crippen LogP contribution in [0.4, 0.5) is 0 Å². The first-order chi connectivity index (χ1) is 11.2. The molecule has 0 heterocycles. The van der Waals surface area contributed by atoms with E-state index >= 15 is 0 Å². The van der Waals surface area contributed by atoms with Gasteiger partial charge in [-0.2, -0.15) is 23.5 Å². The van der Waals surface area contributed by atoms with Crippen LogP contribution in [0.2, 0.25) is 0 Å². The van der Waals surface area contributed by atoms with E-state index in [0.29, 0.717) is 10.5 Å². The molecule has 0 aromatic heterocycles. The van der Waals surface area contributed by atoms with Crippen molar-refractivity contribution in [1.29, 1.82) is 0 Å². The SMILES string of the molecule is COc1c2cc(Br)cc1C(SC)Cc1ccc(cc1)C(SC)C2. The number of fused-ring (bicyclic) bond motifs is 4. The van der Waals surface area contributed by atoms with E-state index in [1.54, 1.807) is 7.11 Å². The maximum Gasteiger partial charge on any atom is 0.126 e. The second kappa shape index (κ2) is 7.54. The molecular formula is C19H21BrOS2. The van der Waals surface area contributed by atoms with E-state index in [1.807, 2.05) is 23.5 Å².